The normalized spacial score (nSPS) is 11.1. The van der Waals surface area contributed by atoms with Gasteiger partial charge in [-0.05, 0) is 146 Å². The topological polar surface area (TPSA) is 89.5 Å². The molecule has 6 rings (SSSR count). The number of rotatable bonds is 10. The van der Waals surface area contributed by atoms with Crippen LogP contribution in [0.1, 0.15) is 31.8 Å². The molecule has 0 saturated carbocycles. The Morgan fingerprint density at radius 3 is 1.15 bits per heavy atom. The molecule has 0 unspecified atom stereocenters. The largest absolute Gasteiger partial charge is 0.457 e. The Kier molecular flexibility index (Phi) is 9.22. The van der Waals surface area contributed by atoms with E-state index in [0.29, 0.717) is 49.5 Å². The smallest absolute Gasteiger partial charge is 0.206 e. The molecule has 0 aliphatic carbocycles. The molecule has 9 heteroatoms. The summed E-state index contributed by atoms with van der Waals surface area (Å²) in [6.07, 6.45) is 0. The molecule has 6 nitrogen and oxygen atoms in total. The van der Waals surface area contributed by atoms with Crippen molar-refractivity contribution in [1.82, 2.24) is 0 Å². The summed E-state index contributed by atoms with van der Waals surface area (Å²) in [7, 11) is -3.78. The summed E-state index contributed by atoms with van der Waals surface area (Å²) >= 11 is 11.8. The maximum atomic E-state index is 13.3. The highest BCUT2D eigenvalue weighted by atomic mass is 35.5. The Morgan fingerprint density at radius 1 is 0.447 bits per heavy atom. The zero-order valence-electron chi connectivity index (χ0n) is 24.6. The highest BCUT2D eigenvalue weighted by Gasteiger charge is 2.18. The number of sulfone groups is 1. The van der Waals surface area contributed by atoms with Gasteiger partial charge in [0.1, 0.15) is 11.5 Å². The SMILES string of the molecule is O=C(c1ccc(Cl)cc1)c1ccc(Nc2ccc(S(=O)(=O)c3ccc(Oc4ccc(C(=O)c5ccc(Cl)cc5)cc4)cc3)cc2)cc1. The molecule has 1 N–H and O–H groups in total. The number of hydrogen-bond donors (Lipinski definition) is 1. The van der Waals surface area contributed by atoms with Crippen molar-refractivity contribution in [2.24, 2.45) is 0 Å². The van der Waals surface area contributed by atoms with Crippen molar-refractivity contribution in [3.05, 3.63) is 178 Å². The van der Waals surface area contributed by atoms with Crippen molar-refractivity contribution in [2.75, 3.05) is 5.32 Å². The quantitative estimate of drug-likeness (QED) is 0.145. The van der Waals surface area contributed by atoms with Crippen LogP contribution < -0.4 is 10.1 Å². The van der Waals surface area contributed by atoms with Crippen LogP contribution in [0, 0.1) is 0 Å². The van der Waals surface area contributed by atoms with E-state index >= 15 is 0 Å². The summed E-state index contributed by atoms with van der Waals surface area (Å²) in [4.78, 5) is 25.7. The Morgan fingerprint density at radius 2 is 0.745 bits per heavy atom. The number of benzene rings is 6. The van der Waals surface area contributed by atoms with Gasteiger partial charge in [0.25, 0.3) is 0 Å². The molecule has 6 aromatic rings. The van der Waals surface area contributed by atoms with E-state index in [2.05, 4.69) is 5.32 Å². The molecule has 0 aliphatic rings. The lowest BCUT2D eigenvalue weighted by molar-refractivity contribution is 0.103. The summed E-state index contributed by atoms with van der Waals surface area (Å²) in [6, 6.07) is 39.7. The Bertz CT molecular complexity index is 2000. The second-order valence-electron chi connectivity index (χ2n) is 10.5. The summed E-state index contributed by atoms with van der Waals surface area (Å²) < 4.78 is 32.5. The highest BCUT2D eigenvalue weighted by Crippen LogP contribution is 2.28. The van der Waals surface area contributed by atoms with Crippen LogP contribution in [0.25, 0.3) is 0 Å². The van der Waals surface area contributed by atoms with Crippen molar-refractivity contribution in [2.45, 2.75) is 9.79 Å². The van der Waals surface area contributed by atoms with E-state index in [0.717, 1.165) is 5.69 Å². The summed E-state index contributed by atoms with van der Waals surface area (Å²) in [6.45, 7) is 0. The van der Waals surface area contributed by atoms with Crippen molar-refractivity contribution < 1.29 is 22.7 Å². The molecule has 232 valence electrons. The van der Waals surface area contributed by atoms with E-state index in [9.17, 15) is 18.0 Å². The van der Waals surface area contributed by atoms with Gasteiger partial charge in [-0.1, -0.05) is 23.2 Å². The first-order valence-corrected chi connectivity index (χ1v) is 16.6. The van der Waals surface area contributed by atoms with Gasteiger partial charge >= 0.3 is 0 Å². The maximum absolute atomic E-state index is 13.3. The van der Waals surface area contributed by atoms with Gasteiger partial charge < -0.3 is 10.1 Å². The molecule has 47 heavy (non-hydrogen) atoms. The number of ketones is 2. The minimum Gasteiger partial charge on any atom is -0.457 e. The van der Waals surface area contributed by atoms with E-state index in [4.69, 9.17) is 27.9 Å². The predicted octanol–water partition coefficient (Wildman–Crippen LogP) is 9.82. The van der Waals surface area contributed by atoms with Gasteiger partial charge in [0.05, 0.1) is 9.79 Å². The van der Waals surface area contributed by atoms with Crippen LogP contribution in [0.4, 0.5) is 11.4 Å². The van der Waals surface area contributed by atoms with E-state index in [1.807, 2.05) is 0 Å². The number of nitrogens with one attached hydrogen (secondary N) is 1. The molecular formula is C38H25Cl2NO5S. The van der Waals surface area contributed by atoms with E-state index < -0.39 is 9.84 Å². The molecule has 0 atom stereocenters. The molecule has 0 spiro atoms. The second kappa shape index (κ2) is 13.6. The monoisotopic (exact) mass is 677 g/mol. The number of ether oxygens (including phenoxy) is 1. The van der Waals surface area contributed by atoms with Crippen LogP contribution in [-0.4, -0.2) is 20.0 Å². The van der Waals surface area contributed by atoms with Crippen LogP contribution in [0.2, 0.25) is 10.0 Å². The van der Waals surface area contributed by atoms with E-state index in [1.165, 1.54) is 24.3 Å². The van der Waals surface area contributed by atoms with Gasteiger partial charge in [-0.25, -0.2) is 8.42 Å². The first-order chi connectivity index (χ1) is 22.7. The Labute approximate surface area is 282 Å². The van der Waals surface area contributed by atoms with Crippen LogP contribution in [0.5, 0.6) is 11.5 Å². The molecule has 0 fully saturated rings. The van der Waals surface area contributed by atoms with Crippen LogP contribution in [-0.2, 0) is 9.84 Å². The second-order valence-corrected chi connectivity index (χ2v) is 13.3. The average molecular weight is 679 g/mol. The highest BCUT2D eigenvalue weighted by molar-refractivity contribution is 7.91. The maximum Gasteiger partial charge on any atom is 0.206 e. The number of hydrogen-bond acceptors (Lipinski definition) is 6. The first-order valence-electron chi connectivity index (χ1n) is 14.4. The number of carbonyl (C=O) groups excluding carboxylic acids is 2. The van der Waals surface area contributed by atoms with Gasteiger partial charge in [0.15, 0.2) is 11.6 Å². The number of carbonyl (C=O) groups is 2. The van der Waals surface area contributed by atoms with Crippen molar-refractivity contribution >= 4 is 56.0 Å². The fourth-order valence-corrected chi connectivity index (χ4v) is 6.27. The van der Waals surface area contributed by atoms with Crippen molar-refractivity contribution in [3.63, 3.8) is 0 Å². The molecule has 0 radical (unpaired) electrons. The van der Waals surface area contributed by atoms with Crippen molar-refractivity contribution in [1.29, 1.82) is 0 Å². The first kappa shape index (κ1) is 31.8. The molecule has 0 bridgehead atoms. The fourth-order valence-electron chi connectivity index (χ4n) is 4.76. The van der Waals surface area contributed by atoms with E-state index in [-0.39, 0.29) is 21.4 Å². The molecule has 6 aromatic carbocycles. The molecule has 0 amide bonds. The van der Waals surface area contributed by atoms with Crippen LogP contribution in [0.3, 0.4) is 0 Å². The zero-order chi connectivity index (χ0) is 33.0. The van der Waals surface area contributed by atoms with Gasteiger partial charge in [0, 0.05) is 43.7 Å². The zero-order valence-corrected chi connectivity index (χ0v) is 26.9. The lowest BCUT2D eigenvalue weighted by atomic mass is 10.0. The molecule has 0 heterocycles. The van der Waals surface area contributed by atoms with E-state index in [1.54, 1.807) is 121 Å². The summed E-state index contributed by atoms with van der Waals surface area (Å²) in [5.41, 5.74) is 3.54. The minimum absolute atomic E-state index is 0.111. The number of anilines is 2. The molecule has 0 saturated heterocycles. The summed E-state index contributed by atoms with van der Waals surface area (Å²) in [5.74, 6) is 0.698. The van der Waals surface area contributed by atoms with Gasteiger partial charge in [-0.3, -0.25) is 9.59 Å². The lowest BCUT2D eigenvalue weighted by Crippen LogP contribution is -2.02. The lowest BCUT2D eigenvalue weighted by Gasteiger charge is -2.10. The standard InChI is InChI=1S/C38H25Cl2NO5S/c39-29-9-1-25(2-10-29)37(42)27-5-13-31(14-6-27)41-32-15-21-35(22-16-32)47(44,45)36-23-19-34(20-24-36)46-33-17-7-28(8-18-33)38(43)26-3-11-30(40)12-4-26/h1-24,41H. The van der Waals surface area contributed by atoms with Gasteiger partial charge in [-0.2, -0.15) is 0 Å². The fraction of sp³-hybridized carbons (Fsp3) is 0. The minimum atomic E-state index is -3.78. The third-order valence-corrected chi connectivity index (χ3v) is 9.59. The third kappa shape index (κ3) is 7.45. The summed E-state index contributed by atoms with van der Waals surface area (Å²) in [5, 5.41) is 4.34. The molecular weight excluding hydrogens is 653 g/mol. The third-order valence-electron chi connectivity index (χ3n) is 7.30. The van der Waals surface area contributed by atoms with Gasteiger partial charge in [-0.15, -0.1) is 0 Å². The molecule has 0 aromatic heterocycles. The number of halogens is 2. The van der Waals surface area contributed by atoms with Crippen LogP contribution in [0.15, 0.2) is 155 Å². The Balaban J connectivity index is 1.07. The molecule has 0 aliphatic heterocycles. The average Bonchev–Trinajstić information content (AvgIpc) is 3.09. The van der Waals surface area contributed by atoms with Crippen molar-refractivity contribution in [3.8, 4) is 11.5 Å². The van der Waals surface area contributed by atoms with Crippen LogP contribution >= 0.6 is 23.2 Å². The Hall–Kier alpha value is -5.21. The predicted molar refractivity (Wildman–Crippen MR) is 184 cm³/mol. The van der Waals surface area contributed by atoms with Gasteiger partial charge in [0.2, 0.25) is 9.84 Å².